The Morgan fingerprint density at radius 2 is 1.69 bits per heavy atom. The van der Waals surface area contributed by atoms with Crippen LogP contribution in [0, 0.1) is 6.92 Å². The highest BCUT2D eigenvalue weighted by Gasteiger charge is 2.04. The predicted octanol–water partition coefficient (Wildman–Crippen LogP) is 3.01. The summed E-state index contributed by atoms with van der Waals surface area (Å²) >= 11 is 0. The summed E-state index contributed by atoms with van der Waals surface area (Å²) in [7, 11) is 0. The standard InChI is InChI=1S/C19H24N4O2.HI/c1-3-20-19(21-12-15-6-4-14(2)5-7-15)22-13-18(25)23-16-8-10-17(24)11-9-16;/h4-11,24H,3,12-13H2,1-2H3,(H,23,25)(H2,20,21,22);1H. The van der Waals surface area contributed by atoms with E-state index >= 15 is 0 Å². The van der Waals surface area contributed by atoms with Crippen molar-refractivity contribution in [2.75, 3.05) is 18.4 Å². The summed E-state index contributed by atoms with van der Waals surface area (Å²) < 4.78 is 0. The molecular formula is C19H25IN4O2. The molecule has 0 atom stereocenters. The first-order valence-electron chi connectivity index (χ1n) is 8.23. The number of carbonyl (C=O) groups excluding carboxylic acids is 1. The van der Waals surface area contributed by atoms with Crippen molar-refractivity contribution in [3.05, 3.63) is 59.7 Å². The molecule has 0 bridgehead atoms. The zero-order valence-corrected chi connectivity index (χ0v) is 17.3. The third-order valence-electron chi connectivity index (χ3n) is 3.45. The van der Waals surface area contributed by atoms with E-state index in [1.165, 1.54) is 17.7 Å². The van der Waals surface area contributed by atoms with Crippen molar-refractivity contribution < 1.29 is 9.90 Å². The number of hydrogen-bond acceptors (Lipinski definition) is 3. The maximum atomic E-state index is 12.0. The van der Waals surface area contributed by atoms with E-state index in [1.54, 1.807) is 12.1 Å². The molecular weight excluding hydrogens is 443 g/mol. The van der Waals surface area contributed by atoms with Crippen molar-refractivity contribution >= 4 is 41.5 Å². The molecule has 1 amide bonds. The average Bonchev–Trinajstić information content (AvgIpc) is 2.61. The smallest absolute Gasteiger partial charge is 0.243 e. The number of nitrogens with one attached hydrogen (secondary N) is 3. The monoisotopic (exact) mass is 468 g/mol. The third-order valence-corrected chi connectivity index (χ3v) is 3.45. The van der Waals surface area contributed by atoms with Crippen LogP contribution in [0.4, 0.5) is 5.69 Å². The lowest BCUT2D eigenvalue weighted by atomic mass is 10.1. The second kappa shape index (κ2) is 11.3. The number of phenols is 1. The van der Waals surface area contributed by atoms with E-state index in [2.05, 4.69) is 33.1 Å². The minimum absolute atomic E-state index is 0. The summed E-state index contributed by atoms with van der Waals surface area (Å²) in [5, 5.41) is 18.1. The van der Waals surface area contributed by atoms with Gasteiger partial charge >= 0.3 is 0 Å². The fourth-order valence-corrected chi connectivity index (χ4v) is 2.12. The Balaban J connectivity index is 0.00000338. The number of aryl methyl sites for hydroxylation is 1. The first-order valence-corrected chi connectivity index (χ1v) is 8.23. The van der Waals surface area contributed by atoms with E-state index in [4.69, 9.17) is 0 Å². The number of benzene rings is 2. The molecule has 0 fully saturated rings. The van der Waals surface area contributed by atoms with Gasteiger partial charge in [-0.15, -0.1) is 24.0 Å². The second-order valence-electron chi connectivity index (χ2n) is 5.63. The van der Waals surface area contributed by atoms with Crippen LogP contribution in [0.1, 0.15) is 18.1 Å². The summed E-state index contributed by atoms with van der Waals surface area (Å²) in [5.41, 5.74) is 2.95. The van der Waals surface area contributed by atoms with Gasteiger partial charge in [-0.2, -0.15) is 0 Å². The molecule has 2 aromatic rings. The van der Waals surface area contributed by atoms with E-state index in [0.717, 1.165) is 5.56 Å². The normalized spacial score (nSPS) is 10.6. The van der Waals surface area contributed by atoms with Crippen molar-refractivity contribution in [3.8, 4) is 5.75 Å². The Morgan fingerprint density at radius 3 is 2.31 bits per heavy atom. The first kappa shape index (κ1) is 21.8. The number of halogens is 1. The SMILES string of the molecule is CCNC(=NCc1ccc(C)cc1)NCC(=O)Nc1ccc(O)cc1.I. The molecule has 2 aromatic carbocycles. The Hall–Kier alpha value is -2.29. The maximum absolute atomic E-state index is 12.0. The van der Waals surface area contributed by atoms with Crippen molar-refractivity contribution in [1.82, 2.24) is 10.6 Å². The number of aromatic hydroxyl groups is 1. The van der Waals surface area contributed by atoms with Crippen LogP contribution >= 0.6 is 24.0 Å². The van der Waals surface area contributed by atoms with E-state index in [-0.39, 0.29) is 42.2 Å². The Kier molecular flexibility index (Phi) is 9.50. The topological polar surface area (TPSA) is 85.8 Å². The lowest BCUT2D eigenvalue weighted by molar-refractivity contribution is -0.115. The van der Waals surface area contributed by atoms with Crippen LogP contribution in [0.5, 0.6) is 5.75 Å². The van der Waals surface area contributed by atoms with Gasteiger partial charge in [0.05, 0.1) is 13.1 Å². The average molecular weight is 468 g/mol. The number of phenolic OH excluding ortho intramolecular Hbond substituents is 1. The molecule has 0 heterocycles. The number of amides is 1. The van der Waals surface area contributed by atoms with Crippen LogP contribution in [0.3, 0.4) is 0 Å². The second-order valence-corrected chi connectivity index (χ2v) is 5.63. The summed E-state index contributed by atoms with van der Waals surface area (Å²) in [6.45, 7) is 5.36. The predicted molar refractivity (Wildman–Crippen MR) is 116 cm³/mol. The summed E-state index contributed by atoms with van der Waals surface area (Å²) in [6.07, 6.45) is 0. The number of rotatable bonds is 6. The number of carbonyl (C=O) groups is 1. The zero-order chi connectivity index (χ0) is 18.1. The van der Waals surface area contributed by atoms with Gasteiger partial charge in [-0.1, -0.05) is 29.8 Å². The third kappa shape index (κ3) is 7.73. The van der Waals surface area contributed by atoms with Gasteiger partial charge in [-0.05, 0) is 43.7 Å². The molecule has 4 N–H and O–H groups in total. The molecule has 0 aromatic heterocycles. The van der Waals surface area contributed by atoms with Crippen LogP contribution in [0.15, 0.2) is 53.5 Å². The summed E-state index contributed by atoms with van der Waals surface area (Å²) in [6, 6.07) is 14.5. The molecule has 0 radical (unpaired) electrons. The molecule has 0 aliphatic carbocycles. The van der Waals surface area contributed by atoms with Crippen molar-refractivity contribution in [3.63, 3.8) is 0 Å². The van der Waals surface area contributed by atoms with Gasteiger partial charge in [-0.25, -0.2) is 4.99 Å². The maximum Gasteiger partial charge on any atom is 0.243 e. The van der Waals surface area contributed by atoms with E-state index < -0.39 is 0 Å². The van der Waals surface area contributed by atoms with E-state index in [0.29, 0.717) is 24.7 Å². The van der Waals surface area contributed by atoms with Gasteiger partial charge in [0.15, 0.2) is 5.96 Å². The molecule has 0 saturated heterocycles. The van der Waals surface area contributed by atoms with E-state index in [9.17, 15) is 9.90 Å². The fraction of sp³-hybridized carbons (Fsp3) is 0.263. The summed E-state index contributed by atoms with van der Waals surface area (Å²) in [5.74, 6) is 0.560. The molecule has 0 spiro atoms. The van der Waals surface area contributed by atoms with Crippen LogP contribution < -0.4 is 16.0 Å². The zero-order valence-electron chi connectivity index (χ0n) is 15.0. The van der Waals surface area contributed by atoms with Gasteiger partial charge in [0.25, 0.3) is 0 Å². The van der Waals surface area contributed by atoms with Gasteiger partial charge in [0.1, 0.15) is 5.75 Å². The lowest BCUT2D eigenvalue weighted by Crippen LogP contribution is -2.41. The van der Waals surface area contributed by atoms with Gasteiger partial charge < -0.3 is 21.1 Å². The summed E-state index contributed by atoms with van der Waals surface area (Å²) in [4.78, 5) is 16.5. The minimum atomic E-state index is -0.188. The molecule has 2 rings (SSSR count). The number of anilines is 1. The van der Waals surface area contributed by atoms with Crippen molar-refractivity contribution in [2.45, 2.75) is 20.4 Å². The number of hydrogen-bond donors (Lipinski definition) is 4. The molecule has 6 nitrogen and oxygen atoms in total. The first-order chi connectivity index (χ1) is 12.1. The van der Waals surface area contributed by atoms with Crippen LogP contribution in [-0.2, 0) is 11.3 Å². The highest BCUT2D eigenvalue weighted by Crippen LogP contribution is 2.13. The van der Waals surface area contributed by atoms with Crippen molar-refractivity contribution in [1.29, 1.82) is 0 Å². The van der Waals surface area contributed by atoms with Crippen LogP contribution in [0.25, 0.3) is 0 Å². The quantitative estimate of drug-likeness (QED) is 0.227. The number of nitrogens with zero attached hydrogens (tertiary/aromatic N) is 1. The highest BCUT2D eigenvalue weighted by atomic mass is 127. The lowest BCUT2D eigenvalue weighted by Gasteiger charge is -2.11. The Morgan fingerprint density at radius 1 is 1.04 bits per heavy atom. The number of aliphatic imine (C=N–C) groups is 1. The van der Waals surface area contributed by atoms with Crippen molar-refractivity contribution in [2.24, 2.45) is 4.99 Å². The minimum Gasteiger partial charge on any atom is -0.508 e. The van der Waals surface area contributed by atoms with Gasteiger partial charge in [-0.3, -0.25) is 4.79 Å². The highest BCUT2D eigenvalue weighted by molar-refractivity contribution is 14.0. The van der Waals surface area contributed by atoms with Gasteiger partial charge in [0.2, 0.25) is 5.91 Å². The number of guanidine groups is 1. The Bertz CT molecular complexity index is 715. The largest absolute Gasteiger partial charge is 0.508 e. The molecule has 0 saturated carbocycles. The molecule has 0 unspecified atom stereocenters. The molecule has 0 aliphatic rings. The molecule has 140 valence electrons. The Labute approximate surface area is 171 Å². The molecule has 0 aliphatic heterocycles. The van der Waals surface area contributed by atoms with Crippen LogP contribution in [-0.4, -0.2) is 30.1 Å². The fourth-order valence-electron chi connectivity index (χ4n) is 2.12. The van der Waals surface area contributed by atoms with E-state index in [1.807, 2.05) is 26.0 Å². The van der Waals surface area contributed by atoms with Gasteiger partial charge in [0, 0.05) is 12.2 Å². The molecule has 26 heavy (non-hydrogen) atoms. The molecule has 7 heteroatoms. The van der Waals surface area contributed by atoms with Crippen LogP contribution in [0.2, 0.25) is 0 Å².